The average molecular weight is 251 g/mol. The van der Waals surface area contributed by atoms with Crippen LogP contribution in [0.2, 0.25) is 0 Å². The Bertz CT molecular complexity index is 385. The molecule has 0 radical (unpaired) electrons. The van der Waals surface area contributed by atoms with E-state index in [9.17, 15) is 9.90 Å². The van der Waals surface area contributed by atoms with Crippen molar-refractivity contribution in [1.82, 2.24) is 5.32 Å². The SMILES string of the molecule is CCc1ccc(CNCC(C)(O)C(=O)OC)cc1. The van der Waals surface area contributed by atoms with E-state index in [1.807, 2.05) is 12.1 Å². The van der Waals surface area contributed by atoms with Gasteiger partial charge < -0.3 is 15.2 Å². The first kappa shape index (κ1) is 14.7. The van der Waals surface area contributed by atoms with Crippen LogP contribution in [-0.2, 0) is 22.5 Å². The lowest BCUT2D eigenvalue weighted by molar-refractivity contribution is -0.159. The standard InChI is InChI=1S/C14H21NO3/c1-4-11-5-7-12(8-6-11)9-15-10-14(2,17)13(16)18-3/h5-8,15,17H,4,9-10H2,1-3H3. The van der Waals surface area contributed by atoms with Crippen molar-refractivity contribution in [2.24, 2.45) is 0 Å². The maximum Gasteiger partial charge on any atom is 0.338 e. The highest BCUT2D eigenvalue weighted by Crippen LogP contribution is 2.07. The monoisotopic (exact) mass is 251 g/mol. The first-order chi connectivity index (χ1) is 8.49. The summed E-state index contributed by atoms with van der Waals surface area (Å²) in [6, 6.07) is 8.24. The third kappa shape index (κ3) is 4.13. The molecule has 0 aliphatic rings. The van der Waals surface area contributed by atoms with Gasteiger partial charge >= 0.3 is 5.97 Å². The Morgan fingerprint density at radius 3 is 2.39 bits per heavy atom. The van der Waals surface area contributed by atoms with Crippen LogP contribution < -0.4 is 5.32 Å². The topological polar surface area (TPSA) is 58.6 Å². The highest BCUT2D eigenvalue weighted by molar-refractivity contribution is 5.78. The second kappa shape index (κ2) is 6.52. The van der Waals surface area contributed by atoms with Crippen molar-refractivity contribution in [1.29, 1.82) is 0 Å². The van der Waals surface area contributed by atoms with Crippen LogP contribution >= 0.6 is 0 Å². The molecule has 0 aliphatic carbocycles. The highest BCUT2D eigenvalue weighted by atomic mass is 16.5. The molecule has 0 spiro atoms. The quantitative estimate of drug-likeness (QED) is 0.747. The highest BCUT2D eigenvalue weighted by Gasteiger charge is 2.30. The number of carbonyl (C=O) groups excluding carboxylic acids is 1. The fraction of sp³-hybridized carbons (Fsp3) is 0.500. The number of ether oxygens (including phenoxy) is 1. The van der Waals surface area contributed by atoms with Crippen molar-refractivity contribution in [3.63, 3.8) is 0 Å². The molecule has 2 N–H and O–H groups in total. The van der Waals surface area contributed by atoms with E-state index in [-0.39, 0.29) is 6.54 Å². The fourth-order valence-corrected chi connectivity index (χ4v) is 1.64. The molecule has 1 unspecified atom stereocenters. The van der Waals surface area contributed by atoms with Crippen molar-refractivity contribution >= 4 is 5.97 Å². The zero-order valence-electron chi connectivity index (χ0n) is 11.2. The fourth-order valence-electron chi connectivity index (χ4n) is 1.64. The smallest absolute Gasteiger partial charge is 0.338 e. The molecule has 4 heteroatoms. The molecule has 1 aromatic rings. The van der Waals surface area contributed by atoms with E-state index in [1.165, 1.54) is 19.6 Å². The molecule has 4 nitrogen and oxygen atoms in total. The van der Waals surface area contributed by atoms with Crippen molar-refractivity contribution in [3.8, 4) is 0 Å². The van der Waals surface area contributed by atoms with Crippen LogP contribution in [0.3, 0.4) is 0 Å². The van der Waals surface area contributed by atoms with Gasteiger partial charge in [-0.1, -0.05) is 31.2 Å². The molecule has 0 bridgehead atoms. The van der Waals surface area contributed by atoms with Crippen molar-refractivity contribution in [2.75, 3.05) is 13.7 Å². The normalized spacial score (nSPS) is 14.0. The first-order valence-electron chi connectivity index (χ1n) is 6.09. The lowest BCUT2D eigenvalue weighted by Crippen LogP contribution is -2.45. The molecule has 1 atom stereocenters. The summed E-state index contributed by atoms with van der Waals surface area (Å²) in [6.07, 6.45) is 1.02. The predicted octanol–water partition coefficient (Wildman–Crippen LogP) is 1.26. The molecule has 18 heavy (non-hydrogen) atoms. The van der Waals surface area contributed by atoms with Gasteiger partial charge in [0.05, 0.1) is 7.11 Å². The van der Waals surface area contributed by atoms with Gasteiger partial charge in [0.15, 0.2) is 5.60 Å². The van der Waals surface area contributed by atoms with Gasteiger partial charge in [0.2, 0.25) is 0 Å². The number of esters is 1. The lowest BCUT2D eigenvalue weighted by Gasteiger charge is -2.20. The molecule has 0 heterocycles. The summed E-state index contributed by atoms with van der Waals surface area (Å²) in [5.41, 5.74) is 0.922. The first-order valence-corrected chi connectivity index (χ1v) is 6.09. The number of methoxy groups -OCH3 is 1. The number of benzene rings is 1. The van der Waals surface area contributed by atoms with E-state index in [4.69, 9.17) is 0 Å². The van der Waals surface area contributed by atoms with Crippen LogP contribution in [0, 0.1) is 0 Å². The van der Waals surface area contributed by atoms with Gasteiger partial charge in [-0.3, -0.25) is 0 Å². The molecular formula is C14H21NO3. The predicted molar refractivity (Wildman–Crippen MR) is 70.2 cm³/mol. The van der Waals surface area contributed by atoms with Gasteiger partial charge in [-0.05, 0) is 24.5 Å². The Balaban J connectivity index is 2.43. The molecule has 0 amide bonds. The number of aryl methyl sites for hydroxylation is 1. The summed E-state index contributed by atoms with van der Waals surface area (Å²) in [5.74, 6) is -0.628. The molecule has 0 aromatic heterocycles. The molecule has 0 fully saturated rings. The Kier molecular flexibility index (Phi) is 5.31. The Morgan fingerprint density at radius 2 is 1.89 bits per heavy atom. The maximum atomic E-state index is 11.2. The van der Waals surface area contributed by atoms with Crippen LogP contribution in [0.1, 0.15) is 25.0 Å². The van der Waals surface area contributed by atoms with E-state index in [0.717, 1.165) is 12.0 Å². The minimum atomic E-state index is -1.49. The Hall–Kier alpha value is -1.39. The van der Waals surface area contributed by atoms with E-state index in [1.54, 1.807) is 0 Å². The molecule has 100 valence electrons. The summed E-state index contributed by atoms with van der Waals surface area (Å²) in [6.45, 7) is 4.32. The van der Waals surface area contributed by atoms with E-state index in [2.05, 4.69) is 29.1 Å². The maximum absolute atomic E-state index is 11.2. The van der Waals surface area contributed by atoms with Crippen LogP contribution in [0.5, 0.6) is 0 Å². The summed E-state index contributed by atoms with van der Waals surface area (Å²) in [5, 5.41) is 12.8. The number of aliphatic hydroxyl groups is 1. The van der Waals surface area contributed by atoms with Crippen LogP contribution in [-0.4, -0.2) is 30.3 Å². The van der Waals surface area contributed by atoms with Gasteiger partial charge in [0.25, 0.3) is 0 Å². The summed E-state index contributed by atoms with van der Waals surface area (Å²) in [4.78, 5) is 11.2. The van der Waals surface area contributed by atoms with E-state index >= 15 is 0 Å². The zero-order valence-corrected chi connectivity index (χ0v) is 11.2. The molecule has 1 aromatic carbocycles. The van der Waals surface area contributed by atoms with Crippen molar-refractivity contribution in [2.45, 2.75) is 32.4 Å². The number of hydrogen-bond acceptors (Lipinski definition) is 4. The Morgan fingerprint density at radius 1 is 1.33 bits per heavy atom. The van der Waals surface area contributed by atoms with Gasteiger partial charge in [0, 0.05) is 13.1 Å². The van der Waals surface area contributed by atoms with Gasteiger partial charge in [-0.15, -0.1) is 0 Å². The number of nitrogens with one attached hydrogen (secondary N) is 1. The minimum Gasteiger partial charge on any atom is -0.467 e. The van der Waals surface area contributed by atoms with Crippen molar-refractivity contribution in [3.05, 3.63) is 35.4 Å². The minimum absolute atomic E-state index is 0.162. The number of rotatable bonds is 6. The van der Waals surface area contributed by atoms with E-state index < -0.39 is 11.6 Å². The molecule has 1 rings (SSSR count). The summed E-state index contributed by atoms with van der Waals surface area (Å²) >= 11 is 0. The van der Waals surface area contributed by atoms with Gasteiger partial charge in [-0.25, -0.2) is 4.79 Å². The lowest BCUT2D eigenvalue weighted by atomic mass is 10.1. The summed E-state index contributed by atoms with van der Waals surface area (Å²) < 4.78 is 4.52. The number of hydrogen-bond donors (Lipinski definition) is 2. The van der Waals surface area contributed by atoms with Crippen LogP contribution in [0.25, 0.3) is 0 Å². The van der Waals surface area contributed by atoms with Crippen LogP contribution in [0.4, 0.5) is 0 Å². The largest absolute Gasteiger partial charge is 0.467 e. The average Bonchev–Trinajstić information content (AvgIpc) is 2.38. The van der Waals surface area contributed by atoms with Crippen LogP contribution in [0.15, 0.2) is 24.3 Å². The Labute approximate surface area is 108 Å². The van der Waals surface area contributed by atoms with Gasteiger partial charge in [0.1, 0.15) is 0 Å². The summed E-state index contributed by atoms with van der Waals surface area (Å²) in [7, 11) is 1.26. The zero-order chi connectivity index (χ0) is 13.6. The van der Waals surface area contributed by atoms with Crippen molar-refractivity contribution < 1.29 is 14.6 Å². The van der Waals surface area contributed by atoms with E-state index in [0.29, 0.717) is 6.54 Å². The second-order valence-electron chi connectivity index (χ2n) is 4.54. The third-order valence-electron chi connectivity index (χ3n) is 2.85. The molecule has 0 saturated heterocycles. The molecule has 0 aliphatic heterocycles. The second-order valence-corrected chi connectivity index (χ2v) is 4.54. The van der Waals surface area contributed by atoms with Gasteiger partial charge in [-0.2, -0.15) is 0 Å². The molecular weight excluding hydrogens is 230 g/mol. The third-order valence-corrected chi connectivity index (χ3v) is 2.85. The molecule has 0 saturated carbocycles. The number of carbonyl (C=O) groups is 1.